The second kappa shape index (κ2) is 11.0. The lowest BCUT2D eigenvalue weighted by molar-refractivity contribution is -0.153. The third-order valence-corrected chi connectivity index (χ3v) is 5.39. The minimum absolute atomic E-state index is 0.0173. The Morgan fingerprint density at radius 2 is 1.84 bits per heavy atom. The second-order valence-corrected chi connectivity index (χ2v) is 8.51. The van der Waals surface area contributed by atoms with Gasteiger partial charge in [0.1, 0.15) is 28.7 Å². The van der Waals surface area contributed by atoms with Crippen molar-refractivity contribution in [1.82, 2.24) is 29.3 Å². The summed E-state index contributed by atoms with van der Waals surface area (Å²) in [7, 11) is 3.24. The molecule has 4 aromatic heterocycles. The number of hydrogen-bond acceptors (Lipinski definition) is 9. The number of pyridine rings is 1. The molecule has 0 bridgehead atoms. The maximum absolute atomic E-state index is 12.8. The standard InChI is InChI=1S/C24H26F3N7O4/c1-14(5-7-35)38-18-8-21(31-20-4-6-28-22(32-20)16-10-30-34(3)23(16)36)29-9-15(18)17-11-33(2)12-19(17)37-13-24(25,26)27/h4,6,8-12,14,35-36H,5,7,13H2,1-3H3,(H,28,29,31,32)/t14-/m0/s1. The lowest BCUT2D eigenvalue weighted by Gasteiger charge is -2.18. The molecule has 0 saturated heterocycles. The maximum atomic E-state index is 12.8. The van der Waals surface area contributed by atoms with Crippen LogP contribution in [0.15, 0.2) is 43.1 Å². The zero-order chi connectivity index (χ0) is 27.4. The van der Waals surface area contributed by atoms with Crippen molar-refractivity contribution in [3.05, 3.63) is 43.1 Å². The summed E-state index contributed by atoms with van der Waals surface area (Å²) in [6.07, 6.45) is 2.86. The van der Waals surface area contributed by atoms with Crippen LogP contribution in [-0.4, -0.2) is 65.0 Å². The highest BCUT2D eigenvalue weighted by atomic mass is 19.4. The Kier molecular flexibility index (Phi) is 7.71. The van der Waals surface area contributed by atoms with Crippen LogP contribution in [0.2, 0.25) is 0 Å². The van der Waals surface area contributed by atoms with Gasteiger partial charge in [0, 0.05) is 69.1 Å². The van der Waals surface area contributed by atoms with Crippen molar-refractivity contribution >= 4 is 11.6 Å². The first-order valence-electron chi connectivity index (χ1n) is 11.5. The molecule has 0 aromatic carbocycles. The van der Waals surface area contributed by atoms with Crippen molar-refractivity contribution < 1.29 is 32.9 Å². The van der Waals surface area contributed by atoms with Gasteiger partial charge in [-0.3, -0.25) is 0 Å². The zero-order valence-corrected chi connectivity index (χ0v) is 20.8. The molecule has 0 unspecified atom stereocenters. The molecule has 38 heavy (non-hydrogen) atoms. The molecule has 1 atom stereocenters. The minimum Gasteiger partial charge on any atom is -0.493 e. The molecule has 4 heterocycles. The molecular weight excluding hydrogens is 507 g/mol. The molecular formula is C24H26F3N7O4. The molecule has 0 fully saturated rings. The molecule has 0 aliphatic carbocycles. The van der Waals surface area contributed by atoms with Gasteiger partial charge in [0.15, 0.2) is 12.4 Å². The highest BCUT2D eigenvalue weighted by molar-refractivity contribution is 5.77. The average molecular weight is 534 g/mol. The third-order valence-electron chi connectivity index (χ3n) is 5.39. The number of aromatic nitrogens is 6. The third kappa shape index (κ3) is 6.32. The highest BCUT2D eigenvalue weighted by Gasteiger charge is 2.29. The van der Waals surface area contributed by atoms with Crippen molar-refractivity contribution in [3.63, 3.8) is 0 Å². The largest absolute Gasteiger partial charge is 0.493 e. The summed E-state index contributed by atoms with van der Waals surface area (Å²) in [5, 5.41) is 26.5. The van der Waals surface area contributed by atoms with Gasteiger partial charge in [0.2, 0.25) is 5.88 Å². The van der Waals surface area contributed by atoms with Crippen LogP contribution in [0.3, 0.4) is 0 Å². The molecule has 202 valence electrons. The van der Waals surface area contributed by atoms with E-state index in [1.54, 1.807) is 43.9 Å². The maximum Gasteiger partial charge on any atom is 0.422 e. The van der Waals surface area contributed by atoms with Crippen LogP contribution in [0.4, 0.5) is 24.8 Å². The first kappa shape index (κ1) is 26.7. The summed E-state index contributed by atoms with van der Waals surface area (Å²) in [6.45, 7) is 0.205. The van der Waals surface area contributed by atoms with Crippen molar-refractivity contribution in [3.8, 4) is 39.9 Å². The van der Waals surface area contributed by atoms with E-state index in [0.717, 1.165) is 0 Å². The molecule has 0 aliphatic heterocycles. The first-order chi connectivity index (χ1) is 18.0. The van der Waals surface area contributed by atoms with Gasteiger partial charge < -0.3 is 29.6 Å². The van der Waals surface area contributed by atoms with Gasteiger partial charge in [-0.15, -0.1) is 0 Å². The fraction of sp³-hybridized carbons (Fsp3) is 0.333. The number of halogens is 3. The Hall–Kier alpha value is -4.33. The van der Waals surface area contributed by atoms with E-state index in [4.69, 9.17) is 9.47 Å². The Bertz CT molecular complexity index is 1400. The quantitative estimate of drug-likeness (QED) is 0.278. The van der Waals surface area contributed by atoms with Crippen molar-refractivity contribution in [2.45, 2.75) is 25.6 Å². The Morgan fingerprint density at radius 3 is 2.53 bits per heavy atom. The molecule has 0 saturated carbocycles. The van der Waals surface area contributed by atoms with Crippen LogP contribution in [0.1, 0.15) is 13.3 Å². The topological polar surface area (TPSA) is 132 Å². The van der Waals surface area contributed by atoms with E-state index in [2.05, 4.69) is 25.4 Å². The molecule has 0 radical (unpaired) electrons. The van der Waals surface area contributed by atoms with Gasteiger partial charge in [-0.05, 0) is 13.0 Å². The van der Waals surface area contributed by atoms with E-state index in [9.17, 15) is 23.4 Å². The molecule has 14 heteroatoms. The smallest absolute Gasteiger partial charge is 0.422 e. The molecule has 0 spiro atoms. The Labute approximate surface area is 215 Å². The van der Waals surface area contributed by atoms with Gasteiger partial charge in [-0.25, -0.2) is 19.6 Å². The van der Waals surface area contributed by atoms with Crippen molar-refractivity contribution in [1.29, 1.82) is 0 Å². The average Bonchev–Trinajstić information content (AvgIpc) is 3.39. The Morgan fingerprint density at radius 1 is 1.05 bits per heavy atom. The number of rotatable bonds is 10. The van der Waals surface area contributed by atoms with E-state index in [1.165, 1.54) is 29.5 Å². The SMILES string of the molecule is C[C@@H](CCO)Oc1cc(Nc2ccnc(-c3cnn(C)c3O)n2)ncc1-c1cn(C)cc1OCC(F)(F)F. The van der Waals surface area contributed by atoms with E-state index in [1.807, 2.05) is 0 Å². The predicted molar refractivity (Wildman–Crippen MR) is 131 cm³/mol. The van der Waals surface area contributed by atoms with Crippen LogP contribution in [0.5, 0.6) is 17.4 Å². The fourth-order valence-corrected chi connectivity index (χ4v) is 3.58. The summed E-state index contributed by atoms with van der Waals surface area (Å²) in [5.41, 5.74) is 1.11. The van der Waals surface area contributed by atoms with E-state index in [-0.39, 0.29) is 24.1 Å². The molecule has 3 N–H and O–H groups in total. The summed E-state index contributed by atoms with van der Waals surface area (Å²) in [5.74, 6) is 1.16. The van der Waals surface area contributed by atoms with Gasteiger partial charge in [-0.1, -0.05) is 0 Å². The number of nitrogens with zero attached hydrogens (tertiary/aromatic N) is 6. The summed E-state index contributed by atoms with van der Waals surface area (Å²) < 4.78 is 52.4. The lowest BCUT2D eigenvalue weighted by atomic mass is 10.1. The number of alkyl halides is 3. The fourth-order valence-electron chi connectivity index (χ4n) is 3.58. The molecule has 4 rings (SSSR count). The number of hydrogen-bond donors (Lipinski definition) is 3. The zero-order valence-electron chi connectivity index (χ0n) is 20.8. The van der Waals surface area contributed by atoms with Gasteiger partial charge in [0.25, 0.3) is 0 Å². The number of nitrogens with one attached hydrogen (secondary N) is 1. The lowest BCUT2D eigenvalue weighted by Crippen LogP contribution is -2.19. The second-order valence-electron chi connectivity index (χ2n) is 8.51. The summed E-state index contributed by atoms with van der Waals surface area (Å²) in [4.78, 5) is 13.0. The summed E-state index contributed by atoms with van der Waals surface area (Å²) in [6, 6.07) is 3.18. The van der Waals surface area contributed by atoms with E-state index in [0.29, 0.717) is 40.5 Å². The molecule has 11 nitrogen and oxygen atoms in total. The predicted octanol–water partition coefficient (Wildman–Crippen LogP) is 3.82. The van der Waals surface area contributed by atoms with Crippen molar-refractivity contribution in [2.75, 3.05) is 18.5 Å². The number of aromatic hydroxyl groups is 1. The molecule has 0 aliphatic rings. The molecule has 0 amide bonds. The van der Waals surface area contributed by atoms with Crippen molar-refractivity contribution in [2.24, 2.45) is 14.1 Å². The van der Waals surface area contributed by atoms with Crippen LogP contribution >= 0.6 is 0 Å². The van der Waals surface area contributed by atoms with Crippen LogP contribution in [0.25, 0.3) is 22.5 Å². The molecule has 4 aromatic rings. The number of aryl methyl sites for hydroxylation is 2. The monoisotopic (exact) mass is 533 g/mol. The number of ether oxygens (including phenoxy) is 2. The number of aliphatic hydroxyl groups is 1. The van der Waals surface area contributed by atoms with Crippen LogP contribution < -0.4 is 14.8 Å². The van der Waals surface area contributed by atoms with Gasteiger partial charge in [0.05, 0.1) is 12.3 Å². The van der Waals surface area contributed by atoms with E-state index < -0.39 is 18.9 Å². The van der Waals surface area contributed by atoms with E-state index >= 15 is 0 Å². The number of aliphatic hydroxyl groups excluding tert-OH is 1. The Balaban J connectivity index is 1.67. The van der Waals surface area contributed by atoms with Gasteiger partial charge in [-0.2, -0.15) is 18.3 Å². The van der Waals surface area contributed by atoms with Crippen LogP contribution in [0, 0.1) is 0 Å². The highest BCUT2D eigenvalue weighted by Crippen LogP contribution is 2.39. The normalized spacial score (nSPS) is 12.4. The van der Waals surface area contributed by atoms with Crippen LogP contribution in [-0.2, 0) is 14.1 Å². The minimum atomic E-state index is -4.50. The van der Waals surface area contributed by atoms with Gasteiger partial charge >= 0.3 is 6.18 Å². The number of anilines is 2. The summed E-state index contributed by atoms with van der Waals surface area (Å²) >= 11 is 0. The first-order valence-corrected chi connectivity index (χ1v) is 11.5.